The summed E-state index contributed by atoms with van der Waals surface area (Å²) in [6, 6.07) is 21.2. The first-order chi connectivity index (χ1) is 20.4. The van der Waals surface area contributed by atoms with Gasteiger partial charge >= 0.3 is 0 Å². The van der Waals surface area contributed by atoms with Gasteiger partial charge < -0.3 is 15.0 Å². The Kier molecular flexibility index (Phi) is 12.9. The number of methoxy groups -OCH3 is 1. The Bertz CT molecular complexity index is 1470. The number of rotatable bonds is 15. The van der Waals surface area contributed by atoms with Gasteiger partial charge in [-0.2, -0.15) is 0 Å². The molecule has 0 aliphatic rings. The van der Waals surface area contributed by atoms with Gasteiger partial charge in [0.2, 0.25) is 21.8 Å². The van der Waals surface area contributed by atoms with Gasteiger partial charge in [-0.15, -0.1) is 0 Å². The molecule has 3 rings (SSSR count). The Balaban J connectivity index is 1.88. The first kappa shape index (κ1) is 34.4. The van der Waals surface area contributed by atoms with E-state index in [-0.39, 0.29) is 48.7 Å². The largest absolute Gasteiger partial charge is 0.495 e. The molecule has 0 aliphatic heterocycles. The first-order valence-electron chi connectivity index (χ1n) is 14.1. The Morgan fingerprint density at radius 3 is 2.26 bits per heavy atom. The zero-order valence-corrected chi connectivity index (χ0v) is 28.1. The molecule has 0 fully saturated rings. The second kappa shape index (κ2) is 16.1. The summed E-state index contributed by atoms with van der Waals surface area (Å²) in [7, 11) is -2.19. The minimum atomic E-state index is -3.67. The van der Waals surface area contributed by atoms with E-state index in [0.717, 1.165) is 21.9 Å². The van der Waals surface area contributed by atoms with E-state index >= 15 is 0 Å². The van der Waals surface area contributed by atoms with Gasteiger partial charge in [0.05, 0.1) is 24.1 Å². The number of benzene rings is 3. The summed E-state index contributed by atoms with van der Waals surface area (Å²) in [6.45, 7) is 4.80. The molecular weight excluding hydrogens is 654 g/mol. The van der Waals surface area contributed by atoms with Crippen molar-refractivity contribution in [3.05, 3.63) is 93.4 Å². The first-order valence-corrected chi connectivity index (χ1v) is 17.1. The number of anilines is 1. The summed E-state index contributed by atoms with van der Waals surface area (Å²) < 4.78 is 32.7. The minimum Gasteiger partial charge on any atom is -0.495 e. The van der Waals surface area contributed by atoms with Gasteiger partial charge in [0.15, 0.2) is 0 Å². The van der Waals surface area contributed by atoms with E-state index in [0.29, 0.717) is 24.4 Å². The highest BCUT2D eigenvalue weighted by Crippen LogP contribution is 2.30. The molecule has 0 spiro atoms. The van der Waals surface area contributed by atoms with Crippen LogP contribution in [0, 0.1) is 5.92 Å². The van der Waals surface area contributed by atoms with Crippen LogP contribution in [0.4, 0.5) is 5.69 Å². The number of nitrogens with one attached hydrogen (secondary N) is 1. The molecule has 8 nitrogen and oxygen atoms in total. The maximum atomic E-state index is 13.9. The normalized spacial score (nSPS) is 12.1. The SMILES string of the molecule is COc1ccc(N(CCCC(=O)N(Cc2ccc(Br)cc2)C(Cc2ccccc2)C(=O)NCC(C)C)S(C)(=O)=O)cc1Cl. The zero-order chi connectivity index (χ0) is 31.6. The molecule has 3 aromatic rings. The van der Waals surface area contributed by atoms with Crippen molar-refractivity contribution in [3.63, 3.8) is 0 Å². The number of carbonyl (C=O) groups is 2. The smallest absolute Gasteiger partial charge is 0.243 e. The fourth-order valence-corrected chi connectivity index (χ4v) is 6.05. The van der Waals surface area contributed by atoms with Crippen molar-refractivity contribution in [1.29, 1.82) is 0 Å². The Morgan fingerprint density at radius 1 is 1.00 bits per heavy atom. The quantitative estimate of drug-likeness (QED) is 0.209. The molecule has 1 atom stereocenters. The topological polar surface area (TPSA) is 96.0 Å². The fourth-order valence-electron chi connectivity index (χ4n) is 4.58. The van der Waals surface area contributed by atoms with E-state index in [9.17, 15) is 18.0 Å². The number of sulfonamides is 1. The maximum absolute atomic E-state index is 13.9. The summed E-state index contributed by atoms with van der Waals surface area (Å²) in [5, 5.41) is 3.29. The molecular formula is C32H39BrClN3O5S. The number of halogens is 2. The third-order valence-electron chi connectivity index (χ3n) is 6.80. The van der Waals surface area contributed by atoms with Gasteiger partial charge in [-0.05, 0) is 53.8 Å². The van der Waals surface area contributed by atoms with Crippen molar-refractivity contribution >= 4 is 55.1 Å². The lowest BCUT2D eigenvalue weighted by atomic mass is 10.0. The van der Waals surface area contributed by atoms with Crippen molar-refractivity contribution in [2.24, 2.45) is 5.92 Å². The summed E-state index contributed by atoms with van der Waals surface area (Å²) in [6.07, 6.45) is 1.72. The highest BCUT2D eigenvalue weighted by atomic mass is 79.9. The molecule has 0 saturated carbocycles. The van der Waals surface area contributed by atoms with Gasteiger partial charge in [-0.1, -0.05) is 83.8 Å². The fraction of sp³-hybridized carbons (Fsp3) is 0.375. The van der Waals surface area contributed by atoms with E-state index in [2.05, 4.69) is 21.2 Å². The third-order valence-corrected chi connectivity index (χ3v) is 8.82. The number of hydrogen-bond acceptors (Lipinski definition) is 5. The van der Waals surface area contributed by atoms with Crippen LogP contribution in [-0.2, 0) is 32.6 Å². The zero-order valence-electron chi connectivity index (χ0n) is 24.9. The lowest BCUT2D eigenvalue weighted by Gasteiger charge is -2.32. The lowest BCUT2D eigenvalue weighted by Crippen LogP contribution is -2.51. The third kappa shape index (κ3) is 10.5. The van der Waals surface area contributed by atoms with Crippen molar-refractivity contribution in [2.75, 3.05) is 30.8 Å². The molecule has 0 aliphatic carbocycles. The highest BCUT2D eigenvalue weighted by Gasteiger charge is 2.30. The molecule has 0 radical (unpaired) electrons. The number of carbonyl (C=O) groups excluding carboxylic acids is 2. The molecule has 0 saturated heterocycles. The number of amides is 2. The number of hydrogen-bond donors (Lipinski definition) is 1. The van der Waals surface area contributed by atoms with E-state index in [4.69, 9.17) is 16.3 Å². The van der Waals surface area contributed by atoms with E-state index in [1.165, 1.54) is 17.5 Å². The molecule has 1 unspecified atom stereocenters. The lowest BCUT2D eigenvalue weighted by molar-refractivity contribution is -0.141. The molecule has 1 N–H and O–H groups in total. The van der Waals surface area contributed by atoms with Gasteiger partial charge in [-0.3, -0.25) is 13.9 Å². The van der Waals surface area contributed by atoms with Crippen molar-refractivity contribution in [2.45, 2.75) is 45.7 Å². The van der Waals surface area contributed by atoms with E-state index in [1.807, 2.05) is 68.4 Å². The predicted octanol–water partition coefficient (Wildman–Crippen LogP) is 6.07. The second-order valence-corrected chi connectivity index (χ2v) is 14.0. The van der Waals surface area contributed by atoms with Crippen LogP contribution in [0.1, 0.15) is 37.8 Å². The number of nitrogens with zero attached hydrogens (tertiary/aromatic N) is 2. The van der Waals surface area contributed by atoms with Crippen LogP contribution in [0.5, 0.6) is 5.75 Å². The van der Waals surface area contributed by atoms with Crippen molar-refractivity contribution in [3.8, 4) is 5.75 Å². The summed E-state index contributed by atoms with van der Waals surface area (Å²) in [5.74, 6) is 0.196. The Labute approximate surface area is 268 Å². The van der Waals surface area contributed by atoms with E-state index in [1.54, 1.807) is 17.0 Å². The molecule has 0 bridgehead atoms. The molecule has 2 amide bonds. The van der Waals surface area contributed by atoms with Crippen molar-refractivity contribution in [1.82, 2.24) is 10.2 Å². The van der Waals surface area contributed by atoms with Crippen molar-refractivity contribution < 1.29 is 22.7 Å². The van der Waals surface area contributed by atoms with Gasteiger partial charge in [0.1, 0.15) is 11.8 Å². The van der Waals surface area contributed by atoms with Crippen LogP contribution in [0.2, 0.25) is 5.02 Å². The Hall–Kier alpha value is -3.08. The minimum absolute atomic E-state index is 0.0369. The summed E-state index contributed by atoms with van der Waals surface area (Å²) in [4.78, 5) is 29.1. The molecule has 232 valence electrons. The van der Waals surface area contributed by atoms with Crippen LogP contribution in [0.25, 0.3) is 0 Å². The van der Waals surface area contributed by atoms with Crippen LogP contribution in [-0.4, -0.2) is 57.6 Å². The molecule has 0 aromatic heterocycles. The molecule has 0 heterocycles. The summed E-state index contributed by atoms with van der Waals surface area (Å²) in [5.41, 5.74) is 2.18. The van der Waals surface area contributed by atoms with Gasteiger partial charge in [0.25, 0.3) is 0 Å². The standard InChI is InChI=1S/C32H39BrClN3O5S/c1-23(2)21-35-32(39)29(19-24-9-6-5-7-10-24)36(22-25-12-14-26(33)15-13-25)31(38)11-8-18-37(43(4,40)41)27-16-17-30(42-3)28(34)20-27/h5-7,9-10,12-17,20,23,29H,8,11,18-19,21-22H2,1-4H3,(H,35,39). The highest BCUT2D eigenvalue weighted by molar-refractivity contribution is 9.10. The van der Waals surface area contributed by atoms with Gasteiger partial charge in [-0.25, -0.2) is 8.42 Å². The average molecular weight is 693 g/mol. The molecule has 43 heavy (non-hydrogen) atoms. The number of ether oxygens (including phenoxy) is 1. The van der Waals surface area contributed by atoms with E-state index < -0.39 is 16.1 Å². The van der Waals surface area contributed by atoms with Crippen LogP contribution < -0.4 is 14.4 Å². The molecule has 11 heteroatoms. The average Bonchev–Trinajstić information content (AvgIpc) is 2.96. The Morgan fingerprint density at radius 2 is 1.67 bits per heavy atom. The van der Waals surface area contributed by atoms with Crippen LogP contribution >= 0.6 is 27.5 Å². The molecule has 3 aromatic carbocycles. The van der Waals surface area contributed by atoms with Crippen LogP contribution in [0.3, 0.4) is 0 Å². The maximum Gasteiger partial charge on any atom is 0.243 e. The van der Waals surface area contributed by atoms with Crippen LogP contribution in [0.15, 0.2) is 77.3 Å². The van der Waals surface area contributed by atoms with Gasteiger partial charge in [0, 0.05) is 36.9 Å². The predicted molar refractivity (Wildman–Crippen MR) is 176 cm³/mol. The monoisotopic (exact) mass is 691 g/mol. The summed E-state index contributed by atoms with van der Waals surface area (Å²) >= 11 is 9.72. The second-order valence-electron chi connectivity index (χ2n) is 10.8.